The molecular weight excluding hydrogens is 230 g/mol. The second-order valence-electron chi connectivity index (χ2n) is 5.04. The Balaban J connectivity index is 2.77. The zero-order chi connectivity index (χ0) is 13.8. The standard InChI is InChI=1S/C13H19N3O2/c1-13(2,3)12(18)16-10-6-4-5-9(7-10)15-11(17)8-14/h4-7H,8,14H2,1-3H3,(H,15,17)(H,16,18). The predicted octanol–water partition coefficient (Wildman–Crippen LogP) is 1.57. The molecule has 0 aliphatic heterocycles. The van der Waals surface area contributed by atoms with Crippen LogP contribution in [0.15, 0.2) is 24.3 Å². The van der Waals surface area contributed by atoms with Crippen molar-refractivity contribution in [2.45, 2.75) is 20.8 Å². The van der Waals surface area contributed by atoms with Crippen molar-refractivity contribution in [3.8, 4) is 0 Å². The van der Waals surface area contributed by atoms with Gasteiger partial charge in [0.1, 0.15) is 0 Å². The molecule has 0 bridgehead atoms. The quantitative estimate of drug-likeness (QED) is 0.760. The molecule has 5 nitrogen and oxygen atoms in total. The lowest BCUT2D eigenvalue weighted by atomic mass is 9.95. The number of hydrogen-bond acceptors (Lipinski definition) is 3. The summed E-state index contributed by atoms with van der Waals surface area (Å²) in [6.07, 6.45) is 0. The maximum absolute atomic E-state index is 11.8. The molecule has 0 saturated heterocycles. The van der Waals surface area contributed by atoms with E-state index in [1.165, 1.54) is 0 Å². The second kappa shape index (κ2) is 5.64. The van der Waals surface area contributed by atoms with Gasteiger partial charge in [-0.2, -0.15) is 0 Å². The molecule has 1 aromatic rings. The van der Waals surface area contributed by atoms with Gasteiger partial charge in [0.05, 0.1) is 6.54 Å². The Labute approximate surface area is 107 Å². The molecule has 1 rings (SSSR count). The molecule has 0 atom stereocenters. The average Bonchev–Trinajstić information content (AvgIpc) is 2.28. The Kier molecular flexibility index (Phi) is 4.44. The molecule has 4 N–H and O–H groups in total. The fourth-order valence-electron chi connectivity index (χ4n) is 1.21. The second-order valence-corrected chi connectivity index (χ2v) is 5.04. The highest BCUT2D eigenvalue weighted by molar-refractivity contribution is 5.96. The number of nitrogens with two attached hydrogens (primary N) is 1. The summed E-state index contributed by atoms with van der Waals surface area (Å²) in [5, 5.41) is 5.42. The van der Waals surface area contributed by atoms with Crippen LogP contribution in [0.1, 0.15) is 20.8 Å². The van der Waals surface area contributed by atoms with E-state index in [-0.39, 0.29) is 18.4 Å². The smallest absolute Gasteiger partial charge is 0.238 e. The number of carbonyl (C=O) groups is 2. The molecule has 0 aromatic heterocycles. The van der Waals surface area contributed by atoms with Crippen molar-refractivity contribution in [3.05, 3.63) is 24.3 Å². The topological polar surface area (TPSA) is 84.2 Å². The zero-order valence-electron chi connectivity index (χ0n) is 10.9. The van der Waals surface area contributed by atoms with Crippen LogP contribution in [0.2, 0.25) is 0 Å². The maximum atomic E-state index is 11.8. The van der Waals surface area contributed by atoms with Gasteiger partial charge in [0.25, 0.3) is 0 Å². The average molecular weight is 249 g/mol. The van der Waals surface area contributed by atoms with Crippen molar-refractivity contribution in [3.63, 3.8) is 0 Å². The van der Waals surface area contributed by atoms with Crippen molar-refractivity contribution >= 4 is 23.2 Å². The van der Waals surface area contributed by atoms with Crippen LogP contribution in [-0.4, -0.2) is 18.4 Å². The van der Waals surface area contributed by atoms with E-state index in [9.17, 15) is 9.59 Å². The van der Waals surface area contributed by atoms with E-state index in [0.29, 0.717) is 11.4 Å². The molecule has 0 spiro atoms. The number of benzene rings is 1. The Morgan fingerprint density at radius 2 is 1.72 bits per heavy atom. The summed E-state index contributed by atoms with van der Waals surface area (Å²) >= 11 is 0. The van der Waals surface area contributed by atoms with Crippen LogP contribution in [0.25, 0.3) is 0 Å². The number of rotatable bonds is 3. The van der Waals surface area contributed by atoms with E-state index in [1.807, 2.05) is 20.8 Å². The van der Waals surface area contributed by atoms with Gasteiger partial charge in [0, 0.05) is 16.8 Å². The summed E-state index contributed by atoms with van der Waals surface area (Å²) in [6.45, 7) is 5.44. The van der Waals surface area contributed by atoms with E-state index >= 15 is 0 Å². The van der Waals surface area contributed by atoms with Crippen LogP contribution in [0.4, 0.5) is 11.4 Å². The third-order valence-electron chi connectivity index (χ3n) is 2.27. The van der Waals surface area contributed by atoms with Gasteiger partial charge >= 0.3 is 0 Å². The summed E-state index contributed by atoms with van der Waals surface area (Å²) in [5.41, 5.74) is 6.00. The molecule has 2 amide bonds. The fourth-order valence-corrected chi connectivity index (χ4v) is 1.21. The monoisotopic (exact) mass is 249 g/mol. The van der Waals surface area contributed by atoms with Crippen molar-refractivity contribution in [2.75, 3.05) is 17.2 Å². The SMILES string of the molecule is CC(C)(C)C(=O)Nc1cccc(NC(=O)CN)c1. The summed E-state index contributed by atoms with van der Waals surface area (Å²) < 4.78 is 0. The number of nitrogens with one attached hydrogen (secondary N) is 2. The first-order valence-electron chi connectivity index (χ1n) is 5.74. The van der Waals surface area contributed by atoms with Gasteiger partial charge in [0.15, 0.2) is 0 Å². The number of hydrogen-bond donors (Lipinski definition) is 3. The van der Waals surface area contributed by atoms with Crippen LogP contribution in [0, 0.1) is 5.41 Å². The van der Waals surface area contributed by atoms with Crippen LogP contribution in [0.5, 0.6) is 0 Å². The predicted molar refractivity (Wildman–Crippen MR) is 72.2 cm³/mol. The largest absolute Gasteiger partial charge is 0.326 e. The Morgan fingerprint density at radius 1 is 1.17 bits per heavy atom. The summed E-state index contributed by atoms with van der Waals surface area (Å²) in [6, 6.07) is 6.95. The van der Waals surface area contributed by atoms with E-state index in [1.54, 1.807) is 24.3 Å². The zero-order valence-corrected chi connectivity index (χ0v) is 10.9. The van der Waals surface area contributed by atoms with Crippen LogP contribution in [-0.2, 0) is 9.59 Å². The molecule has 0 heterocycles. The van der Waals surface area contributed by atoms with Crippen molar-refractivity contribution in [1.82, 2.24) is 0 Å². The van der Waals surface area contributed by atoms with Crippen molar-refractivity contribution < 1.29 is 9.59 Å². The van der Waals surface area contributed by atoms with Gasteiger partial charge < -0.3 is 16.4 Å². The molecule has 98 valence electrons. The third-order valence-corrected chi connectivity index (χ3v) is 2.27. The Bertz CT molecular complexity index is 450. The van der Waals surface area contributed by atoms with Gasteiger partial charge in [-0.05, 0) is 18.2 Å². The molecular formula is C13H19N3O2. The molecule has 0 radical (unpaired) electrons. The van der Waals surface area contributed by atoms with Gasteiger partial charge in [-0.15, -0.1) is 0 Å². The highest BCUT2D eigenvalue weighted by atomic mass is 16.2. The first-order chi connectivity index (χ1) is 8.32. The first kappa shape index (κ1) is 14.2. The Hall–Kier alpha value is -1.88. The molecule has 0 aliphatic carbocycles. The molecule has 0 aliphatic rings. The first-order valence-corrected chi connectivity index (χ1v) is 5.74. The fraction of sp³-hybridized carbons (Fsp3) is 0.385. The van der Waals surface area contributed by atoms with Crippen LogP contribution < -0.4 is 16.4 Å². The van der Waals surface area contributed by atoms with Gasteiger partial charge in [-0.25, -0.2) is 0 Å². The van der Waals surface area contributed by atoms with E-state index in [0.717, 1.165) is 0 Å². The lowest BCUT2D eigenvalue weighted by Gasteiger charge is -2.18. The molecule has 18 heavy (non-hydrogen) atoms. The number of anilines is 2. The van der Waals surface area contributed by atoms with E-state index in [2.05, 4.69) is 10.6 Å². The molecule has 0 unspecified atom stereocenters. The molecule has 0 saturated carbocycles. The minimum Gasteiger partial charge on any atom is -0.326 e. The molecule has 0 fully saturated rings. The van der Waals surface area contributed by atoms with Crippen LogP contribution >= 0.6 is 0 Å². The van der Waals surface area contributed by atoms with Gasteiger partial charge in [-0.1, -0.05) is 26.8 Å². The van der Waals surface area contributed by atoms with Gasteiger partial charge in [-0.3, -0.25) is 9.59 Å². The minimum absolute atomic E-state index is 0.0709. The number of amides is 2. The third kappa shape index (κ3) is 4.18. The van der Waals surface area contributed by atoms with Crippen molar-refractivity contribution in [2.24, 2.45) is 11.1 Å². The summed E-state index contributed by atoms with van der Waals surface area (Å²) in [4.78, 5) is 23.0. The maximum Gasteiger partial charge on any atom is 0.238 e. The van der Waals surface area contributed by atoms with E-state index in [4.69, 9.17) is 5.73 Å². The van der Waals surface area contributed by atoms with E-state index < -0.39 is 5.41 Å². The molecule has 5 heteroatoms. The minimum atomic E-state index is -0.462. The Morgan fingerprint density at radius 3 is 2.22 bits per heavy atom. The normalized spacial score (nSPS) is 10.9. The molecule has 1 aromatic carbocycles. The highest BCUT2D eigenvalue weighted by Gasteiger charge is 2.21. The summed E-state index contributed by atoms with van der Waals surface area (Å²) in [5.74, 6) is -0.348. The number of carbonyl (C=O) groups excluding carboxylic acids is 2. The van der Waals surface area contributed by atoms with Gasteiger partial charge in [0.2, 0.25) is 11.8 Å². The highest BCUT2D eigenvalue weighted by Crippen LogP contribution is 2.19. The summed E-state index contributed by atoms with van der Waals surface area (Å²) in [7, 11) is 0. The van der Waals surface area contributed by atoms with Crippen molar-refractivity contribution in [1.29, 1.82) is 0 Å². The lowest BCUT2D eigenvalue weighted by Crippen LogP contribution is -2.27. The lowest BCUT2D eigenvalue weighted by molar-refractivity contribution is -0.123. The van der Waals surface area contributed by atoms with Crippen LogP contribution in [0.3, 0.4) is 0 Å².